The molecule has 152 valence electrons. The van der Waals surface area contributed by atoms with E-state index in [4.69, 9.17) is 28.5 Å². The number of pyridine rings is 2. The number of anilines is 1. The van der Waals surface area contributed by atoms with Crippen LogP contribution in [0, 0.1) is 0 Å². The van der Waals surface area contributed by atoms with Gasteiger partial charge in [-0.2, -0.15) is 13.2 Å². The van der Waals surface area contributed by atoms with Crippen LogP contribution in [-0.4, -0.2) is 23.0 Å². The van der Waals surface area contributed by atoms with E-state index in [-0.39, 0.29) is 39.4 Å². The first-order chi connectivity index (χ1) is 13.8. The molecule has 1 aromatic carbocycles. The van der Waals surface area contributed by atoms with Gasteiger partial charge in [0.15, 0.2) is 11.5 Å². The molecule has 0 aliphatic rings. The number of aromatic nitrogens is 2. The minimum Gasteiger partial charge on any atom is -0.494 e. The summed E-state index contributed by atoms with van der Waals surface area (Å²) in [5, 5.41) is 2.61. The van der Waals surface area contributed by atoms with E-state index >= 15 is 0 Å². The quantitative estimate of drug-likeness (QED) is 0.594. The van der Waals surface area contributed by atoms with Gasteiger partial charge in [0.1, 0.15) is 46.4 Å². The van der Waals surface area contributed by atoms with Crippen molar-refractivity contribution in [1.29, 1.82) is 0 Å². The normalized spacial score (nSPS) is 11.2. The molecule has 0 aliphatic carbocycles. The number of rotatable bonds is 5. The van der Waals surface area contributed by atoms with Gasteiger partial charge in [0.2, 0.25) is 0 Å². The molecule has 2 aromatic heterocycles. The molecule has 12 heteroatoms. The lowest BCUT2D eigenvalue weighted by atomic mass is 10.1. The van der Waals surface area contributed by atoms with Crippen LogP contribution in [0.1, 0.15) is 16.1 Å². The molecule has 0 bridgehead atoms. The molecule has 0 saturated carbocycles. The van der Waals surface area contributed by atoms with Crippen molar-refractivity contribution in [2.24, 2.45) is 0 Å². The lowest BCUT2D eigenvalue weighted by Gasteiger charge is -2.14. The number of fused-ring (bicyclic) bond motifs is 1. The number of ether oxygens (including phenoxy) is 1. The highest BCUT2D eigenvalue weighted by Crippen LogP contribution is 2.37. The van der Waals surface area contributed by atoms with Crippen LogP contribution in [0.5, 0.6) is 17.2 Å². The van der Waals surface area contributed by atoms with E-state index in [1.54, 1.807) is 0 Å². The Bertz CT molecular complexity index is 1060. The van der Waals surface area contributed by atoms with Gasteiger partial charge in [-0.3, -0.25) is 9.78 Å². The zero-order valence-electron chi connectivity index (χ0n) is 14.4. The van der Waals surface area contributed by atoms with Crippen LogP contribution in [0.2, 0.25) is 0 Å². The van der Waals surface area contributed by atoms with Crippen LogP contribution in [0.15, 0.2) is 36.7 Å². The molecule has 0 radical (unpaired) electrons. The fourth-order valence-electron chi connectivity index (χ4n) is 2.56. The van der Waals surface area contributed by atoms with Gasteiger partial charge in [-0.15, -0.1) is 0 Å². The average molecular weight is 448 g/mol. The molecular weight excluding hydrogens is 438 g/mol. The SMILES string of the molecule is COc1ccc(C(=O)Nc2c(OCl)cncc2OCl)c2ccc(C(F)(F)F)nc12. The summed E-state index contributed by atoms with van der Waals surface area (Å²) < 4.78 is 53.3. The van der Waals surface area contributed by atoms with E-state index in [9.17, 15) is 18.0 Å². The summed E-state index contributed by atoms with van der Waals surface area (Å²) in [5.41, 5.74) is -1.27. The number of hydrogen-bond donors (Lipinski definition) is 1. The monoisotopic (exact) mass is 447 g/mol. The van der Waals surface area contributed by atoms with Crippen LogP contribution < -0.4 is 18.6 Å². The zero-order chi connectivity index (χ0) is 21.2. The molecule has 0 aliphatic heterocycles. The highest BCUT2D eigenvalue weighted by molar-refractivity contribution is 6.15. The number of amides is 1. The van der Waals surface area contributed by atoms with Gasteiger partial charge in [0.25, 0.3) is 5.91 Å². The molecule has 2 heterocycles. The summed E-state index contributed by atoms with van der Waals surface area (Å²) in [7, 11) is 1.28. The van der Waals surface area contributed by atoms with Gasteiger partial charge >= 0.3 is 6.18 Å². The molecule has 0 saturated heterocycles. The molecular formula is C17H10Cl2F3N3O4. The predicted molar refractivity (Wildman–Crippen MR) is 98.4 cm³/mol. The van der Waals surface area contributed by atoms with E-state index in [0.717, 1.165) is 12.1 Å². The number of methoxy groups -OCH3 is 1. The second-order valence-electron chi connectivity index (χ2n) is 5.53. The molecule has 1 amide bonds. The molecule has 3 aromatic rings. The van der Waals surface area contributed by atoms with Crippen LogP contribution >= 0.6 is 23.7 Å². The first-order valence-corrected chi connectivity index (χ1v) is 8.33. The smallest absolute Gasteiger partial charge is 0.433 e. The Balaban J connectivity index is 2.10. The summed E-state index contributed by atoms with van der Waals surface area (Å²) >= 11 is 10.7. The van der Waals surface area contributed by atoms with Crippen LogP contribution in [0.3, 0.4) is 0 Å². The number of benzene rings is 1. The van der Waals surface area contributed by atoms with Gasteiger partial charge in [-0.1, -0.05) is 0 Å². The Hall–Kier alpha value is -2.98. The van der Waals surface area contributed by atoms with Crippen molar-refractivity contribution < 1.29 is 31.3 Å². The minimum absolute atomic E-state index is 0.0138. The second kappa shape index (κ2) is 8.18. The van der Waals surface area contributed by atoms with E-state index in [1.807, 2.05) is 0 Å². The highest BCUT2D eigenvalue weighted by atomic mass is 35.5. The molecule has 0 spiro atoms. The minimum atomic E-state index is -4.66. The van der Waals surface area contributed by atoms with Gasteiger partial charge in [0.05, 0.1) is 19.5 Å². The Morgan fingerprint density at radius 3 is 2.24 bits per heavy atom. The van der Waals surface area contributed by atoms with Crippen molar-refractivity contribution in [1.82, 2.24) is 9.97 Å². The number of carbonyl (C=O) groups is 1. The fraction of sp³-hybridized carbons (Fsp3) is 0.118. The Morgan fingerprint density at radius 2 is 1.69 bits per heavy atom. The number of carbonyl (C=O) groups excluding carboxylic acids is 1. The molecule has 1 N–H and O–H groups in total. The lowest BCUT2D eigenvalue weighted by molar-refractivity contribution is -0.140. The van der Waals surface area contributed by atoms with Gasteiger partial charge in [0, 0.05) is 10.9 Å². The molecule has 0 atom stereocenters. The standard InChI is InChI=1S/C17H10Cl2F3N3O4/c1-27-10-4-2-9(8-3-5-13(17(20,21)22)24-14(8)10)16(26)25-15-11(28-18)6-23-7-12(15)29-19/h2-7H,1H3,(H,23,25,26). The van der Waals surface area contributed by atoms with E-state index in [0.29, 0.717) is 0 Å². The molecule has 3 rings (SSSR count). The predicted octanol–water partition coefficient (Wildman–Crippen LogP) is 4.97. The van der Waals surface area contributed by atoms with Crippen LogP contribution in [0.25, 0.3) is 10.9 Å². The van der Waals surface area contributed by atoms with Crippen molar-refractivity contribution >= 4 is 46.2 Å². The summed E-state index contributed by atoms with van der Waals surface area (Å²) in [4.78, 5) is 20.2. The van der Waals surface area contributed by atoms with Crippen LogP contribution in [-0.2, 0) is 6.18 Å². The second-order valence-corrected chi connectivity index (χ2v) is 5.83. The first-order valence-electron chi connectivity index (χ1n) is 7.71. The third kappa shape index (κ3) is 4.08. The highest BCUT2D eigenvalue weighted by Gasteiger charge is 2.33. The van der Waals surface area contributed by atoms with Gasteiger partial charge in [-0.25, -0.2) is 4.98 Å². The number of hydrogen-bond acceptors (Lipinski definition) is 6. The van der Waals surface area contributed by atoms with Crippen molar-refractivity contribution in [2.45, 2.75) is 6.18 Å². The number of alkyl halides is 3. The zero-order valence-corrected chi connectivity index (χ0v) is 15.9. The maximum atomic E-state index is 13.0. The topological polar surface area (TPSA) is 82.6 Å². The van der Waals surface area contributed by atoms with Crippen molar-refractivity contribution in [3.63, 3.8) is 0 Å². The Labute approximate surface area is 171 Å². The van der Waals surface area contributed by atoms with Gasteiger partial charge in [-0.05, 0) is 24.3 Å². The largest absolute Gasteiger partial charge is 0.494 e. The molecule has 0 fully saturated rings. The van der Waals surface area contributed by atoms with Crippen LogP contribution in [0.4, 0.5) is 18.9 Å². The third-order valence-corrected chi connectivity index (χ3v) is 4.19. The maximum absolute atomic E-state index is 13.0. The number of nitrogens with zero attached hydrogens (tertiary/aromatic N) is 2. The summed E-state index contributed by atoms with van der Waals surface area (Å²) in [6.45, 7) is 0. The lowest BCUT2D eigenvalue weighted by Crippen LogP contribution is -2.14. The van der Waals surface area contributed by atoms with Crippen molar-refractivity contribution in [2.75, 3.05) is 12.4 Å². The summed E-state index contributed by atoms with van der Waals surface area (Å²) in [6.07, 6.45) is -2.26. The van der Waals surface area contributed by atoms with Crippen molar-refractivity contribution in [3.05, 3.63) is 47.9 Å². The number of halogens is 5. The molecule has 7 nitrogen and oxygen atoms in total. The third-order valence-electron chi connectivity index (χ3n) is 3.86. The fourth-order valence-corrected chi connectivity index (χ4v) is 2.79. The van der Waals surface area contributed by atoms with E-state index in [2.05, 4.69) is 23.9 Å². The summed E-state index contributed by atoms with van der Waals surface area (Å²) in [6, 6.07) is 4.60. The maximum Gasteiger partial charge on any atom is 0.433 e. The summed E-state index contributed by atoms with van der Waals surface area (Å²) in [5.74, 6) is -0.765. The average Bonchev–Trinajstić information content (AvgIpc) is 2.71. The van der Waals surface area contributed by atoms with E-state index < -0.39 is 17.8 Å². The van der Waals surface area contributed by atoms with Gasteiger partial charge < -0.3 is 18.6 Å². The van der Waals surface area contributed by atoms with E-state index in [1.165, 1.54) is 31.6 Å². The van der Waals surface area contributed by atoms with Crippen molar-refractivity contribution in [3.8, 4) is 17.2 Å². The molecule has 29 heavy (non-hydrogen) atoms. The molecule has 0 unspecified atom stereocenters. The number of nitrogens with one attached hydrogen (secondary N) is 1. The Kier molecular flexibility index (Phi) is 5.85. The first kappa shape index (κ1) is 20.7. The Morgan fingerprint density at radius 1 is 1.03 bits per heavy atom.